The number of benzene rings is 3. The predicted octanol–water partition coefficient (Wildman–Crippen LogP) is 7.08. The third-order valence-electron chi connectivity index (χ3n) is 6.01. The van der Waals surface area contributed by atoms with E-state index in [9.17, 15) is 10.5 Å². The predicted molar refractivity (Wildman–Crippen MR) is 121 cm³/mol. The number of para-hydroxylation sites is 2. The SMILES string of the molecule is N#Cc1c(F)c(NC2CCCCC2)c2oc3ccccc3c3ccccc3oc2c1C#N. The first-order valence-electron chi connectivity index (χ1n) is 10.7. The van der Waals surface area contributed by atoms with Gasteiger partial charge >= 0.3 is 0 Å². The molecule has 0 amide bonds. The van der Waals surface area contributed by atoms with Gasteiger partial charge in [0, 0.05) is 16.8 Å². The third kappa shape index (κ3) is 3.31. The maximum Gasteiger partial charge on any atom is 0.197 e. The minimum atomic E-state index is -0.789. The summed E-state index contributed by atoms with van der Waals surface area (Å²) < 4.78 is 28.0. The molecule has 0 saturated heterocycles. The number of anilines is 1. The Balaban J connectivity index is 1.97. The number of hydrogen-bond donors (Lipinski definition) is 1. The summed E-state index contributed by atoms with van der Waals surface area (Å²) >= 11 is 0. The second-order valence-electron chi connectivity index (χ2n) is 8.00. The van der Waals surface area contributed by atoms with Crippen molar-refractivity contribution in [2.45, 2.75) is 38.1 Å². The molecule has 3 aromatic carbocycles. The van der Waals surface area contributed by atoms with Gasteiger partial charge in [0.1, 0.15) is 40.1 Å². The van der Waals surface area contributed by atoms with Crippen LogP contribution in [0, 0.1) is 28.5 Å². The maximum absolute atomic E-state index is 15.6. The van der Waals surface area contributed by atoms with Crippen molar-refractivity contribution in [2.24, 2.45) is 0 Å². The van der Waals surface area contributed by atoms with Crippen molar-refractivity contribution in [3.63, 3.8) is 0 Å². The lowest BCUT2D eigenvalue weighted by molar-refractivity contribution is 0.460. The van der Waals surface area contributed by atoms with Crippen LogP contribution in [-0.2, 0) is 0 Å². The molecule has 0 atom stereocenters. The number of halogens is 1. The Kier molecular flexibility index (Phi) is 5.13. The smallest absolute Gasteiger partial charge is 0.197 e. The summed E-state index contributed by atoms with van der Waals surface area (Å²) in [5, 5.41) is 24.3. The fourth-order valence-corrected chi connectivity index (χ4v) is 4.44. The van der Waals surface area contributed by atoms with Gasteiger partial charge in [-0.25, -0.2) is 4.39 Å². The van der Waals surface area contributed by atoms with Crippen molar-refractivity contribution in [3.05, 3.63) is 65.5 Å². The van der Waals surface area contributed by atoms with E-state index in [1.54, 1.807) is 12.1 Å². The fourth-order valence-electron chi connectivity index (χ4n) is 4.44. The zero-order valence-corrected chi connectivity index (χ0v) is 17.3. The molecular formula is C26H20FN3O2. The first-order valence-corrected chi connectivity index (χ1v) is 10.7. The molecular weight excluding hydrogens is 405 g/mol. The molecule has 1 N–H and O–H groups in total. The molecule has 1 aliphatic rings. The van der Waals surface area contributed by atoms with Crippen LogP contribution in [-0.4, -0.2) is 6.04 Å². The van der Waals surface area contributed by atoms with Crippen LogP contribution in [0.3, 0.4) is 0 Å². The van der Waals surface area contributed by atoms with Crippen molar-refractivity contribution in [1.29, 1.82) is 10.5 Å². The normalized spacial score (nSPS) is 14.2. The molecule has 5 nitrogen and oxygen atoms in total. The summed E-state index contributed by atoms with van der Waals surface area (Å²) in [6, 6.07) is 18.7. The molecule has 5 rings (SSSR count). The molecule has 0 aliphatic heterocycles. The van der Waals surface area contributed by atoms with Crippen LogP contribution in [0.15, 0.2) is 57.4 Å². The van der Waals surface area contributed by atoms with Crippen molar-refractivity contribution in [3.8, 4) is 12.1 Å². The van der Waals surface area contributed by atoms with E-state index < -0.39 is 5.82 Å². The van der Waals surface area contributed by atoms with E-state index in [1.807, 2.05) is 48.5 Å². The van der Waals surface area contributed by atoms with E-state index in [-0.39, 0.29) is 34.0 Å². The number of hydrogen-bond acceptors (Lipinski definition) is 5. The number of nitrogens with zero attached hydrogens (tertiary/aromatic N) is 2. The number of nitrogens with one attached hydrogen (secondary N) is 1. The highest BCUT2D eigenvalue weighted by Gasteiger charge is 2.26. The molecule has 0 spiro atoms. The Morgan fingerprint density at radius 1 is 0.781 bits per heavy atom. The largest absolute Gasteiger partial charge is 0.451 e. The van der Waals surface area contributed by atoms with Gasteiger partial charge in [-0.05, 0) is 25.0 Å². The number of rotatable bonds is 2. The van der Waals surface area contributed by atoms with Crippen LogP contribution >= 0.6 is 0 Å². The summed E-state index contributed by atoms with van der Waals surface area (Å²) in [6.07, 6.45) is 5.05. The van der Waals surface area contributed by atoms with Gasteiger partial charge in [-0.15, -0.1) is 0 Å². The summed E-state index contributed by atoms with van der Waals surface area (Å²) in [6.45, 7) is 0. The molecule has 6 heteroatoms. The number of nitriles is 2. The van der Waals surface area contributed by atoms with Crippen molar-refractivity contribution in [1.82, 2.24) is 0 Å². The lowest BCUT2D eigenvalue weighted by Crippen LogP contribution is -2.23. The van der Waals surface area contributed by atoms with Crippen molar-refractivity contribution >= 4 is 38.8 Å². The van der Waals surface area contributed by atoms with E-state index in [1.165, 1.54) is 0 Å². The first-order chi connectivity index (χ1) is 15.7. The molecule has 1 aromatic heterocycles. The Labute approximate surface area is 184 Å². The molecule has 0 bridgehead atoms. The van der Waals surface area contributed by atoms with Crippen LogP contribution in [0.4, 0.5) is 10.1 Å². The van der Waals surface area contributed by atoms with Gasteiger partial charge < -0.3 is 14.2 Å². The van der Waals surface area contributed by atoms with E-state index >= 15 is 4.39 Å². The van der Waals surface area contributed by atoms with Crippen LogP contribution < -0.4 is 5.32 Å². The average molecular weight is 425 g/mol. The van der Waals surface area contributed by atoms with Crippen LogP contribution in [0.5, 0.6) is 0 Å². The molecule has 0 radical (unpaired) electrons. The fraction of sp³-hybridized carbons (Fsp3) is 0.231. The highest BCUT2D eigenvalue weighted by molar-refractivity contribution is 6.03. The minimum Gasteiger partial charge on any atom is -0.451 e. The van der Waals surface area contributed by atoms with Crippen molar-refractivity contribution in [2.75, 3.05) is 5.32 Å². The van der Waals surface area contributed by atoms with Gasteiger partial charge in [-0.3, -0.25) is 0 Å². The van der Waals surface area contributed by atoms with Crippen molar-refractivity contribution < 1.29 is 13.2 Å². The Bertz CT molecular complexity index is 1480. The Morgan fingerprint density at radius 3 is 1.94 bits per heavy atom. The summed E-state index contributed by atoms with van der Waals surface area (Å²) in [4.78, 5) is 0. The molecule has 1 fully saturated rings. The van der Waals surface area contributed by atoms with Gasteiger partial charge in [-0.2, -0.15) is 10.5 Å². The summed E-state index contributed by atoms with van der Waals surface area (Å²) in [7, 11) is 0. The third-order valence-corrected chi connectivity index (χ3v) is 6.01. The van der Waals surface area contributed by atoms with Gasteiger partial charge in [0.05, 0.1) is 0 Å². The van der Waals surface area contributed by atoms with Crippen LogP contribution in [0.2, 0.25) is 0 Å². The van der Waals surface area contributed by atoms with Gasteiger partial charge in [0.15, 0.2) is 17.0 Å². The molecule has 158 valence electrons. The molecule has 1 heterocycles. The zero-order chi connectivity index (χ0) is 22.1. The number of fused-ring (bicyclic) bond motifs is 4. The van der Waals surface area contributed by atoms with Crippen LogP contribution in [0.1, 0.15) is 43.2 Å². The van der Waals surface area contributed by atoms with Gasteiger partial charge in [0.2, 0.25) is 0 Å². The average Bonchev–Trinajstić information content (AvgIpc) is 2.83. The first kappa shape index (κ1) is 19.9. The molecule has 4 aromatic rings. The highest BCUT2D eigenvalue weighted by Crippen LogP contribution is 2.37. The lowest BCUT2D eigenvalue weighted by Gasteiger charge is -2.24. The van der Waals surface area contributed by atoms with Gasteiger partial charge in [-0.1, -0.05) is 55.7 Å². The van der Waals surface area contributed by atoms with E-state index in [4.69, 9.17) is 8.83 Å². The topological polar surface area (TPSA) is 85.9 Å². The second-order valence-corrected chi connectivity index (χ2v) is 8.00. The minimum absolute atomic E-state index is 0.0470. The molecule has 0 unspecified atom stereocenters. The molecule has 32 heavy (non-hydrogen) atoms. The lowest BCUT2D eigenvalue weighted by atomic mass is 9.95. The van der Waals surface area contributed by atoms with Gasteiger partial charge in [0.25, 0.3) is 0 Å². The highest BCUT2D eigenvalue weighted by atomic mass is 19.1. The quantitative estimate of drug-likeness (QED) is 0.371. The second kappa shape index (κ2) is 8.24. The maximum atomic E-state index is 15.6. The Hall–Kier alpha value is -4.03. The van der Waals surface area contributed by atoms with E-state index in [2.05, 4.69) is 5.32 Å². The monoisotopic (exact) mass is 425 g/mol. The summed E-state index contributed by atoms with van der Waals surface area (Å²) in [5.41, 5.74) is 0.695. The molecule has 1 saturated carbocycles. The standard InChI is InChI=1S/C26H20FN3O2/c27-23-19(14-28)20(15-29)25-26(24(23)30-16-8-2-1-3-9-16)32-22-13-7-5-11-18(22)17-10-4-6-12-21(17)31-25/h4-7,10-13,16,30H,1-3,8-9H2. The van der Waals surface area contributed by atoms with E-state index in [0.717, 1.165) is 42.9 Å². The molecule has 1 aliphatic carbocycles. The van der Waals surface area contributed by atoms with E-state index in [0.29, 0.717) is 11.2 Å². The Morgan fingerprint density at radius 2 is 1.34 bits per heavy atom. The van der Waals surface area contributed by atoms with Crippen LogP contribution in [0.25, 0.3) is 33.1 Å². The summed E-state index contributed by atoms with van der Waals surface area (Å²) in [5.74, 6) is -0.789. The zero-order valence-electron chi connectivity index (χ0n) is 17.3.